The lowest BCUT2D eigenvalue weighted by Crippen LogP contribution is -2.30. The Hall–Kier alpha value is -2.83. The fourth-order valence-electron chi connectivity index (χ4n) is 3.04. The zero-order valence-corrected chi connectivity index (χ0v) is 13.7. The average Bonchev–Trinajstić information content (AvgIpc) is 3.24. The zero-order chi connectivity index (χ0) is 17.4. The molecule has 1 aromatic heterocycles. The van der Waals surface area contributed by atoms with Crippen molar-refractivity contribution in [1.29, 1.82) is 10.5 Å². The van der Waals surface area contributed by atoms with Crippen LogP contribution in [0, 0.1) is 22.7 Å². The Morgan fingerprint density at radius 3 is 2.48 bits per heavy atom. The van der Waals surface area contributed by atoms with Crippen LogP contribution >= 0.6 is 11.6 Å². The Morgan fingerprint density at radius 2 is 1.76 bits per heavy atom. The van der Waals surface area contributed by atoms with Crippen LogP contribution in [-0.2, 0) is 9.47 Å². The smallest absolute Gasteiger partial charge is 0.274 e. The van der Waals surface area contributed by atoms with E-state index in [9.17, 15) is 10.5 Å². The highest BCUT2D eigenvalue weighted by Crippen LogP contribution is 2.47. The number of rotatable bonds is 2. The maximum Gasteiger partial charge on any atom is 0.274 e. The summed E-state index contributed by atoms with van der Waals surface area (Å²) < 4.78 is 11.8. The summed E-state index contributed by atoms with van der Waals surface area (Å²) in [5.74, 6) is 0. The molecule has 0 saturated carbocycles. The topological polar surface area (TPSA) is 81.8 Å². The van der Waals surface area contributed by atoms with Crippen LogP contribution in [0.3, 0.4) is 0 Å². The van der Waals surface area contributed by atoms with Crippen molar-refractivity contribution in [3.63, 3.8) is 0 Å². The van der Waals surface area contributed by atoms with Crippen LogP contribution in [0.5, 0.6) is 0 Å². The van der Waals surface area contributed by atoms with Crippen molar-refractivity contribution in [3.05, 3.63) is 70.9 Å². The van der Waals surface area contributed by atoms with E-state index in [2.05, 4.69) is 4.98 Å². The molecule has 0 radical (unpaired) electrons. The highest BCUT2D eigenvalue weighted by atomic mass is 35.5. The first-order valence-corrected chi connectivity index (χ1v) is 8.02. The monoisotopic (exact) mass is 349 g/mol. The van der Waals surface area contributed by atoms with Gasteiger partial charge in [0.1, 0.15) is 18.2 Å². The molecule has 2 heterocycles. The number of hydrogen-bond donors (Lipinski definition) is 1. The molecule has 2 atom stereocenters. The highest BCUT2D eigenvalue weighted by molar-refractivity contribution is 6.30. The molecule has 3 aromatic rings. The van der Waals surface area contributed by atoms with Gasteiger partial charge in [0.15, 0.2) is 6.29 Å². The number of H-pyrrole nitrogens is 1. The lowest BCUT2D eigenvalue weighted by atomic mass is 9.93. The number of halogens is 1. The van der Waals surface area contributed by atoms with Crippen molar-refractivity contribution >= 4 is 22.5 Å². The lowest BCUT2D eigenvalue weighted by molar-refractivity contribution is -0.0717. The second kappa shape index (κ2) is 5.91. The molecular formula is C19H12ClN3O2. The third-order valence-electron chi connectivity index (χ3n) is 4.30. The quantitative estimate of drug-likeness (QED) is 0.743. The lowest BCUT2D eigenvalue weighted by Gasteiger charge is -2.17. The SMILES string of the molecule is N#CC1(C#N)O[C@H](c2ccc(Cl)cc2)O[C@@H]1c1c[nH]c2ccccc12. The molecule has 6 heteroatoms. The number of aromatic nitrogens is 1. The summed E-state index contributed by atoms with van der Waals surface area (Å²) in [4.78, 5) is 3.14. The van der Waals surface area contributed by atoms with E-state index in [1.54, 1.807) is 30.5 Å². The molecular weight excluding hydrogens is 338 g/mol. The van der Waals surface area contributed by atoms with Gasteiger partial charge in [-0.2, -0.15) is 10.5 Å². The molecule has 5 nitrogen and oxygen atoms in total. The second-order valence-corrected chi connectivity index (χ2v) is 6.20. The van der Waals surface area contributed by atoms with Crippen LogP contribution in [-0.4, -0.2) is 10.6 Å². The summed E-state index contributed by atoms with van der Waals surface area (Å²) in [6, 6.07) is 18.6. The van der Waals surface area contributed by atoms with Gasteiger partial charge in [0.2, 0.25) is 0 Å². The molecule has 0 aliphatic carbocycles. The maximum atomic E-state index is 9.66. The molecule has 0 unspecified atom stereocenters. The summed E-state index contributed by atoms with van der Waals surface area (Å²) in [7, 11) is 0. The van der Waals surface area contributed by atoms with Gasteiger partial charge < -0.3 is 14.5 Å². The molecule has 1 aliphatic heterocycles. The van der Waals surface area contributed by atoms with Crippen LogP contribution in [0.25, 0.3) is 10.9 Å². The molecule has 122 valence electrons. The first kappa shape index (κ1) is 15.7. The number of nitrogens with zero attached hydrogens (tertiary/aromatic N) is 2. The molecule has 1 fully saturated rings. The minimum Gasteiger partial charge on any atom is -0.361 e. The number of ether oxygens (including phenoxy) is 2. The standard InChI is InChI=1S/C19H12ClN3O2/c20-13-7-5-12(6-8-13)18-24-17(19(10-21,11-22)25-18)15-9-23-16-4-2-1-3-14(15)16/h1-9,17-18,23H/t17-,18-/m1/s1. The fourth-order valence-corrected chi connectivity index (χ4v) is 3.17. The average molecular weight is 350 g/mol. The van der Waals surface area contributed by atoms with E-state index in [1.807, 2.05) is 36.4 Å². The number of aromatic amines is 1. The minimum absolute atomic E-state index is 0.585. The zero-order valence-electron chi connectivity index (χ0n) is 12.9. The molecule has 0 spiro atoms. The molecule has 4 rings (SSSR count). The van der Waals surface area contributed by atoms with E-state index in [4.69, 9.17) is 21.1 Å². The van der Waals surface area contributed by atoms with Crippen LogP contribution in [0.4, 0.5) is 0 Å². The molecule has 1 saturated heterocycles. The Morgan fingerprint density at radius 1 is 1.04 bits per heavy atom. The number of para-hydroxylation sites is 1. The molecule has 1 N–H and O–H groups in total. The van der Waals surface area contributed by atoms with Gasteiger partial charge in [0.25, 0.3) is 5.60 Å². The van der Waals surface area contributed by atoms with E-state index in [-0.39, 0.29) is 0 Å². The molecule has 2 aromatic carbocycles. The van der Waals surface area contributed by atoms with Crippen molar-refractivity contribution in [3.8, 4) is 12.1 Å². The van der Waals surface area contributed by atoms with Crippen LogP contribution in [0.15, 0.2) is 54.7 Å². The van der Waals surface area contributed by atoms with Gasteiger partial charge in [-0.15, -0.1) is 0 Å². The minimum atomic E-state index is -1.73. The summed E-state index contributed by atoms with van der Waals surface area (Å²) in [6.07, 6.45) is 0.0985. The fraction of sp³-hybridized carbons (Fsp3) is 0.158. The van der Waals surface area contributed by atoms with Gasteiger partial charge in [0.05, 0.1) is 0 Å². The largest absolute Gasteiger partial charge is 0.361 e. The Labute approximate surface area is 149 Å². The number of benzene rings is 2. The Bertz CT molecular complexity index is 1000. The predicted octanol–water partition coefficient (Wildman–Crippen LogP) is 4.39. The van der Waals surface area contributed by atoms with Gasteiger partial charge >= 0.3 is 0 Å². The molecule has 1 aliphatic rings. The molecule has 0 bridgehead atoms. The van der Waals surface area contributed by atoms with E-state index in [0.717, 1.165) is 16.5 Å². The van der Waals surface area contributed by atoms with Crippen LogP contribution in [0.2, 0.25) is 5.02 Å². The van der Waals surface area contributed by atoms with E-state index >= 15 is 0 Å². The maximum absolute atomic E-state index is 9.66. The van der Waals surface area contributed by atoms with Gasteiger partial charge in [-0.25, -0.2) is 0 Å². The number of hydrogen-bond acceptors (Lipinski definition) is 4. The van der Waals surface area contributed by atoms with Crippen LogP contribution in [0.1, 0.15) is 23.5 Å². The summed E-state index contributed by atoms with van der Waals surface area (Å²) in [5, 5.41) is 20.8. The summed E-state index contributed by atoms with van der Waals surface area (Å²) >= 11 is 5.91. The van der Waals surface area contributed by atoms with Gasteiger partial charge in [0, 0.05) is 33.2 Å². The highest BCUT2D eigenvalue weighted by Gasteiger charge is 2.53. The second-order valence-electron chi connectivity index (χ2n) is 5.77. The molecule has 25 heavy (non-hydrogen) atoms. The van der Waals surface area contributed by atoms with E-state index in [0.29, 0.717) is 10.6 Å². The van der Waals surface area contributed by atoms with E-state index < -0.39 is 18.0 Å². The van der Waals surface area contributed by atoms with Crippen molar-refractivity contribution in [2.24, 2.45) is 0 Å². The van der Waals surface area contributed by atoms with Gasteiger partial charge in [-0.05, 0) is 18.2 Å². The van der Waals surface area contributed by atoms with Gasteiger partial charge in [-0.3, -0.25) is 0 Å². The number of nitriles is 2. The number of fused-ring (bicyclic) bond motifs is 1. The van der Waals surface area contributed by atoms with Crippen molar-refractivity contribution in [1.82, 2.24) is 4.98 Å². The van der Waals surface area contributed by atoms with E-state index in [1.165, 1.54) is 0 Å². The number of nitrogens with one attached hydrogen (secondary N) is 1. The van der Waals surface area contributed by atoms with Crippen molar-refractivity contribution < 1.29 is 9.47 Å². The predicted molar refractivity (Wildman–Crippen MR) is 91.4 cm³/mol. The third kappa shape index (κ3) is 2.47. The Kier molecular flexibility index (Phi) is 3.71. The first-order chi connectivity index (χ1) is 12.2. The van der Waals surface area contributed by atoms with Crippen molar-refractivity contribution in [2.75, 3.05) is 0 Å². The van der Waals surface area contributed by atoms with Crippen molar-refractivity contribution in [2.45, 2.75) is 18.0 Å². The summed E-state index contributed by atoms with van der Waals surface area (Å²) in [5.41, 5.74) is 0.590. The summed E-state index contributed by atoms with van der Waals surface area (Å²) in [6.45, 7) is 0. The van der Waals surface area contributed by atoms with Crippen LogP contribution < -0.4 is 0 Å². The first-order valence-electron chi connectivity index (χ1n) is 7.64. The Balaban J connectivity index is 1.79. The van der Waals surface area contributed by atoms with Gasteiger partial charge in [-0.1, -0.05) is 41.9 Å². The molecule has 0 amide bonds. The third-order valence-corrected chi connectivity index (χ3v) is 4.55. The normalized spacial score (nSPS) is 21.7.